The van der Waals surface area contributed by atoms with Gasteiger partial charge in [0.15, 0.2) is 15.6 Å². The Kier molecular flexibility index (Phi) is 4.55. The molecule has 3 unspecified atom stereocenters. The molecule has 2 N–H and O–H groups in total. The lowest BCUT2D eigenvalue weighted by atomic mass is 9.90. The van der Waals surface area contributed by atoms with Crippen LogP contribution in [0.15, 0.2) is 0 Å². The molecule has 0 aromatic carbocycles. The van der Waals surface area contributed by atoms with Gasteiger partial charge in [-0.15, -0.1) is 0 Å². The second-order valence-corrected chi connectivity index (χ2v) is 8.16. The molecular formula is C13H25NO4S. The third kappa shape index (κ3) is 3.29. The number of hydrogen-bond acceptors (Lipinski definition) is 5. The summed E-state index contributed by atoms with van der Waals surface area (Å²) in [6.07, 6.45) is 2.58. The van der Waals surface area contributed by atoms with Gasteiger partial charge in [0.1, 0.15) is 0 Å². The van der Waals surface area contributed by atoms with Crippen LogP contribution in [0.5, 0.6) is 0 Å². The minimum absolute atomic E-state index is 0.167. The summed E-state index contributed by atoms with van der Waals surface area (Å²) < 4.78 is 36.3. The Morgan fingerprint density at radius 2 is 2.00 bits per heavy atom. The summed E-state index contributed by atoms with van der Waals surface area (Å²) in [6, 6.07) is -0.299. The fourth-order valence-corrected chi connectivity index (χ4v) is 5.38. The van der Waals surface area contributed by atoms with Gasteiger partial charge < -0.3 is 15.2 Å². The van der Waals surface area contributed by atoms with Crippen molar-refractivity contribution in [1.82, 2.24) is 0 Å². The van der Waals surface area contributed by atoms with E-state index in [1.165, 1.54) is 0 Å². The van der Waals surface area contributed by atoms with Crippen LogP contribution in [-0.2, 0) is 19.3 Å². The van der Waals surface area contributed by atoms with Crippen LogP contribution in [0.4, 0.5) is 0 Å². The molecule has 1 heterocycles. The lowest BCUT2D eigenvalue weighted by Crippen LogP contribution is -2.52. The summed E-state index contributed by atoms with van der Waals surface area (Å²) in [7, 11) is -3.19. The van der Waals surface area contributed by atoms with Crippen molar-refractivity contribution in [3.8, 4) is 0 Å². The first-order chi connectivity index (χ1) is 8.88. The molecule has 0 aromatic rings. The Labute approximate surface area is 115 Å². The van der Waals surface area contributed by atoms with Crippen molar-refractivity contribution in [2.45, 2.75) is 56.6 Å². The van der Waals surface area contributed by atoms with Crippen molar-refractivity contribution in [3.63, 3.8) is 0 Å². The Morgan fingerprint density at radius 3 is 2.58 bits per heavy atom. The van der Waals surface area contributed by atoms with Gasteiger partial charge in [-0.2, -0.15) is 0 Å². The summed E-state index contributed by atoms with van der Waals surface area (Å²) in [6.45, 7) is 5.07. The maximum atomic E-state index is 12.5. The summed E-state index contributed by atoms with van der Waals surface area (Å²) in [4.78, 5) is 0. The third-order valence-corrected chi connectivity index (χ3v) is 6.81. The van der Waals surface area contributed by atoms with Crippen LogP contribution in [0.25, 0.3) is 0 Å². The third-order valence-electron chi connectivity index (χ3n) is 4.34. The van der Waals surface area contributed by atoms with E-state index in [2.05, 4.69) is 0 Å². The first kappa shape index (κ1) is 15.2. The van der Waals surface area contributed by atoms with E-state index in [-0.39, 0.29) is 17.7 Å². The van der Waals surface area contributed by atoms with Gasteiger partial charge in [-0.1, -0.05) is 20.3 Å². The van der Waals surface area contributed by atoms with E-state index in [0.29, 0.717) is 32.5 Å². The summed E-state index contributed by atoms with van der Waals surface area (Å²) in [5.41, 5.74) is 6.04. The van der Waals surface area contributed by atoms with Gasteiger partial charge in [-0.3, -0.25) is 0 Å². The largest absolute Gasteiger partial charge is 0.347 e. The zero-order valence-corrected chi connectivity index (χ0v) is 12.6. The molecule has 112 valence electrons. The quantitative estimate of drug-likeness (QED) is 0.838. The van der Waals surface area contributed by atoms with Gasteiger partial charge in [0, 0.05) is 18.9 Å². The van der Waals surface area contributed by atoms with Crippen LogP contribution in [0, 0.1) is 5.92 Å². The zero-order valence-electron chi connectivity index (χ0n) is 11.8. The molecule has 0 bridgehead atoms. The van der Waals surface area contributed by atoms with Gasteiger partial charge in [0.25, 0.3) is 0 Å². The lowest BCUT2D eigenvalue weighted by molar-refractivity contribution is -0.177. The molecule has 0 radical (unpaired) electrons. The summed E-state index contributed by atoms with van der Waals surface area (Å²) in [5, 5.41) is -0.534. The molecular weight excluding hydrogens is 266 g/mol. The minimum Gasteiger partial charge on any atom is -0.347 e. The van der Waals surface area contributed by atoms with Crippen LogP contribution in [0.1, 0.15) is 39.5 Å². The second kappa shape index (κ2) is 5.68. The molecule has 5 nitrogen and oxygen atoms in total. The Morgan fingerprint density at radius 1 is 1.37 bits per heavy atom. The number of nitrogens with two attached hydrogens (primary N) is 1. The highest BCUT2D eigenvalue weighted by Crippen LogP contribution is 2.38. The number of ether oxygens (including phenoxy) is 2. The van der Waals surface area contributed by atoms with Crippen molar-refractivity contribution >= 4 is 9.84 Å². The number of rotatable bonds is 4. The summed E-state index contributed by atoms with van der Waals surface area (Å²) in [5.74, 6) is -0.318. The van der Waals surface area contributed by atoms with E-state index >= 15 is 0 Å². The van der Waals surface area contributed by atoms with Crippen molar-refractivity contribution in [2.75, 3.05) is 19.0 Å². The van der Waals surface area contributed by atoms with Crippen molar-refractivity contribution in [3.05, 3.63) is 0 Å². The monoisotopic (exact) mass is 291 g/mol. The fourth-order valence-electron chi connectivity index (χ4n) is 2.92. The molecule has 2 fully saturated rings. The van der Waals surface area contributed by atoms with Crippen LogP contribution < -0.4 is 5.73 Å². The maximum Gasteiger partial charge on any atom is 0.169 e. The van der Waals surface area contributed by atoms with E-state index < -0.39 is 20.9 Å². The van der Waals surface area contributed by atoms with Gasteiger partial charge in [0.05, 0.1) is 24.2 Å². The van der Waals surface area contributed by atoms with Crippen LogP contribution in [-0.4, -0.2) is 44.5 Å². The van der Waals surface area contributed by atoms with Crippen molar-refractivity contribution < 1.29 is 17.9 Å². The number of sulfone groups is 1. The first-order valence-electron chi connectivity index (χ1n) is 7.13. The van der Waals surface area contributed by atoms with Crippen molar-refractivity contribution in [2.24, 2.45) is 11.7 Å². The van der Waals surface area contributed by atoms with E-state index in [9.17, 15) is 8.42 Å². The maximum absolute atomic E-state index is 12.5. The normalized spacial score (nSPS) is 32.6. The van der Waals surface area contributed by atoms with Crippen molar-refractivity contribution in [1.29, 1.82) is 0 Å². The molecule has 1 spiro atoms. The molecule has 3 atom stereocenters. The van der Waals surface area contributed by atoms with E-state index in [4.69, 9.17) is 15.2 Å². The fraction of sp³-hybridized carbons (Fsp3) is 1.00. The highest BCUT2D eigenvalue weighted by Gasteiger charge is 2.48. The topological polar surface area (TPSA) is 78.6 Å². The van der Waals surface area contributed by atoms with E-state index in [1.54, 1.807) is 0 Å². The van der Waals surface area contributed by atoms with Crippen LogP contribution in [0.2, 0.25) is 0 Å². The lowest BCUT2D eigenvalue weighted by Gasteiger charge is -2.39. The molecule has 0 aromatic heterocycles. The van der Waals surface area contributed by atoms with Gasteiger partial charge in [0.2, 0.25) is 0 Å². The molecule has 1 saturated heterocycles. The molecule has 2 aliphatic rings. The highest BCUT2D eigenvalue weighted by molar-refractivity contribution is 7.92. The average molecular weight is 291 g/mol. The van der Waals surface area contributed by atoms with Crippen LogP contribution >= 0.6 is 0 Å². The predicted molar refractivity (Wildman–Crippen MR) is 73.5 cm³/mol. The number of hydrogen-bond donors (Lipinski definition) is 1. The standard InChI is InChI=1S/C13H25NO4S/c1-3-10(2)9-19(15,16)12-8-13(5-4-11(12)14)17-6-7-18-13/h10-12H,3-9,14H2,1-2H3. The molecule has 6 heteroatoms. The Balaban J connectivity index is 2.12. The highest BCUT2D eigenvalue weighted by atomic mass is 32.2. The SMILES string of the molecule is CCC(C)CS(=O)(=O)C1CC2(CCC1N)OCCO2. The first-order valence-corrected chi connectivity index (χ1v) is 8.85. The van der Waals surface area contributed by atoms with E-state index in [1.807, 2.05) is 13.8 Å². The Hall–Kier alpha value is -0.170. The van der Waals surface area contributed by atoms with Crippen LogP contribution in [0.3, 0.4) is 0 Å². The van der Waals surface area contributed by atoms with E-state index in [0.717, 1.165) is 6.42 Å². The molecule has 1 aliphatic carbocycles. The zero-order chi connectivity index (χ0) is 14.1. The van der Waals surface area contributed by atoms with Gasteiger partial charge in [-0.05, 0) is 12.3 Å². The smallest absolute Gasteiger partial charge is 0.169 e. The molecule has 0 amide bonds. The average Bonchev–Trinajstić information content (AvgIpc) is 2.80. The van der Waals surface area contributed by atoms with Gasteiger partial charge in [-0.25, -0.2) is 8.42 Å². The minimum atomic E-state index is -3.19. The van der Waals surface area contributed by atoms with Gasteiger partial charge >= 0.3 is 0 Å². The molecule has 2 rings (SSSR count). The Bertz CT molecular complexity index is 403. The summed E-state index contributed by atoms with van der Waals surface area (Å²) >= 11 is 0. The molecule has 19 heavy (non-hydrogen) atoms. The predicted octanol–water partition coefficient (Wildman–Crippen LogP) is 1.07. The molecule has 1 saturated carbocycles. The molecule has 1 aliphatic heterocycles. The second-order valence-electron chi connectivity index (χ2n) is 5.90.